The lowest BCUT2D eigenvalue weighted by molar-refractivity contribution is -0.150. The average molecular weight is 330 g/mol. The van der Waals surface area contributed by atoms with Crippen LogP contribution in [0.2, 0.25) is 0 Å². The van der Waals surface area contributed by atoms with E-state index in [0.29, 0.717) is 12.8 Å². The number of ether oxygens (including phenoxy) is 1. The summed E-state index contributed by atoms with van der Waals surface area (Å²) in [6.45, 7) is 3.84. The Balaban J connectivity index is 1.57. The Bertz CT molecular complexity index is 594. The number of carbonyl (C=O) groups excluding carboxylic acids is 2. The number of carbonyl (C=O) groups is 2. The second kappa shape index (κ2) is 6.83. The molecule has 3 rings (SSSR count). The molecule has 2 N–H and O–H groups in total. The topological polar surface area (TPSA) is 67.4 Å². The normalized spacial score (nSPS) is 21.1. The van der Waals surface area contributed by atoms with E-state index in [1.807, 2.05) is 44.2 Å². The number of benzene rings is 1. The van der Waals surface area contributed by atoms with Gasteiger partial charge in [-0.25, -0.2) is 0 Å². The van der Waals surface area contributed by atoms with Crippen LogP contribution in [0.25, 0.3) is 0 Å². The van der Waals surface area contributed by atoms with Crippen LogP contribution >= 0.6 is 0 Å². The summed E-state index contributed by atoms with van der Waals surface area (Å²) < 4.78 is 5.86. The largest absolute Gasteiger partial charge is 0.489 e. The molecule has 1 aromatic carbocycles. The van der Waals surface area contributed by atoms with Crippen molar-refractivity contribution in [2.45, 2.75) is 64.1 Å². The molecule has 5 nitrogen and oxygen atoms in total. The predicted molar refractivity (Wildman–Crippen MR) is 91.6 cm³/mol. The number of para-hydroxylation sites is 1. The van der Waals surface area contributed by atoms with Gasteiger partial charge in [-0.1, -0.05) is 24.6 Å². The first-order chi connectivity index (χ1) is 11.5. The van der Waals surface area contributed by atoms with Gasteiger partial charge in [0.25, 0.3) is 0 Å². The van der Waals surface area contributed by atoms with Crippen LogP contribution in [0.15, 0.2) is 30.3 Å². The smallest absolute Gasteiger partial charge is 0.236 e. The van der Waals surface area contributed by atoms with Crippen molar-refractivity contribution in [1.82, 2.24) is 10.6 Å². The summed E-state index contributed by atoms with van der Waals surface area (Å²) in [5.74, 6) is 0.511. The summed E-state index contributed by atoms with van der Waals surface area (Å²) in [4.78, 5) is 25.2. The third-order valence-corrected chi connectivity index (χ3v) is 5.12. The van der Waals surface area contributed by atoms with Crippen molar-refractivity contribution in [3.05, 3.63) is 30.3 Å². The number of hydrogen-bond donors (Lipinski definition) is 2. The molecular weight excluding hydrogens is 304 g/mol. The summed E-state index contributed by atoms with van der Waals surface area (Å²) >= 11 is 0. The van der Waals surface area contributed by atoms with Gasteiger partial charge < -0.3 is 15.4 Å². The van der Waals surface area contributed by atoms with Crippen LogP contribution in [0.1, 0.15) is 46.0 Å². The Labute approximate surface area is 143 Å². The van der Waals surface area contributed by atoms with Crippen molar-refractivity contribution in [2.75, 3.05) is 0 Å². The fraction of sp³-hybridized carbons (Fsp3) is 0.579. The van der Waals surface area contributed by atoms with Gasteiger partial charge in [0, 0.05) is 6.04 Å². The molecule has 5 heteroatoms. The molecule has 0 bridgehead atoms. The summed E-state index contributed by atoms with van der Waals surface area (Å²) in [6, 6.07) is 9.64. The fourth-order valence-electron chi connectivity index (χ4n) is 2.92. The highest BCUT2D eigenvalue weighted by molar-refractivity contribution is 6.06. The lowest BCUT2D eigenvalue weighted by Gasteiger charge is -2.39. The number of amides is 2. The first-order valence-electron chi connectivity index (χ1n) is 8.85. The molecular formula is C19H26N2O3. The maximum atomic E-state index is 12.7. The van der Waals surface area contributed by atoms with E-state index in [4.69, 9.17) is 4.74 Å². The molecule has 0 heterocycles. The zero-order chi connectivity index (χ0) is 17.2. The van der Waals surface area contributed by atoms with Crippen LogP contribution in [-0.2, 0) is 9.59 Å². The molecule has 0 spiro atoms. The van der Waals surface area contributed by atoms with Gasteiger partial charge in [-0.2, -0.15) is 0 Å². The highest BCUT2D eigenvalue weighted by Crippen LogP contribution is 2.42. The Morgan fingerprint density at radius 2 is 1.79 bits per heavy atom. The molecule has 2 fully saturated rings. The van der Waals surface area contributed by atoms with Gasteiger partial charge in [-0.3, -0.25) is 9.59 Å². The van der Waals surface area contributed by atoms with Gasteiger partial charge in [-0.05, 0) is 51.7 Å². The van der Waals surface area contributed by atoms with Gasteiger partial charge in [0.1, 0.15) is 17.3 Å². The summed E-state index contributed by atoms with van der Waals surface area (Å²) in [5, 5.41) is 5.98. The molecule has 130 valence electrons. The first kappa shape index (κ1) is 16.8. The second-order valence-corrected chi connectivity index (χ2v) is 7.08. The maximum Gasteiger partial charge on any atom is 0.236 e. The Hall–Kier alpha value is -2.04. The first-order valence-corrected chi connectivity index (χ1v) is 8.85. The predicted octanol–water partition coefficient (Wildman–Crippen LogP) is 2.41. The number of nitrogens with one attached hydrogen (secondary N) is 2. The molecule has 2 aliphatic rings. The Morgan fingerprint density at radius 1 is 1.12 bits per heavy atom. The van der Waals surface area contributed by atoms with E-state index in [9.17, 15) is 9.59 Å². The van der Waals surface area contributed by atoms with Crippen molar-refractivity contribution < 1.29 is 14.3 Å². The van der Waals surface area contributed by atoms with Crippen LogP contribution in [0.4, 0.5) is 0 Å². The van der Waals surface area contributed by atoms with E-state index < -0.39 is 5.41 Å². The van der Waals surface area contributed by atoms with Crippen LogP contribution < -0.4 is 15.4 Å². The van der Waals surface area contributed by atoms with E-state index >= 15 is 0 Å². The second-order valence-electron chi connectivity index (χ2n) is 7.08. The van der Waals surface area contributed by atoms with Gasteiger partial charge in [0.15, 0.2) is 0 Å². The molecule has 1 aromatic rings. The SMILES string of the molecule is C[C@H](NC(=O)C1(C(=O)NC2CC2)CCC1)[C@H](C)Oc1ccccc1. The molecule has 0 aromatic heterocycles. The molecule has 0 saturated heterocycles. The van der Waals surface area contributed by atoms with Crippen molar-refractivity contribution in [3.63, 3.8) is 0 Å². The van der Waals surface area contributed by atoms with Gasteiger partial charge in [0.2, 0.25) is 11.8 Å². The minimum atomic E-state index is -0.872. The summed E-state index contributed by atoms with van der Waals surface area (Å²) in [7, 11) is 0. The van der Waals surface area contributed by atoms with E-state index in [2.05, 4.69) is 10.6 Å². The van der Waals surface area contributed by atoms with Crippen LogP contribution in [0.5, 0.6) is 5.75 Å². The van der Waals surface area contributed by atoms with E-state index in [1.165, 1.54) is 0 Å². The highest BCUT2D eigenvalue weighted by Gasteiger charge is 2.52. The monoisotopic (exact) mass is 330 g/mol. The molecule has 2 amide bonds. The van der Waals surface area contributed by atoms with E-state index in [0.717, 1.165) is 25.0 Å². The Kier molecular flexibility index (Phi) is 4.78. The van der Waals surface area contributed by atoms with E-state index in [1.54, 1.807) is 0 Å². The minimum absolute atomic E-state index is 0.0995. The minimum Gasteiger partial charge on any atom is -0.489 e. The quantitative estimate of drug-likeness (QED) is 0.755. The third-order valence-electron chi connectivity index (χ3n) is 5.12. The highest BCUT2D eigenvalue weighted by atomic mass is 16.5. The maximum absolute atomic E-state index is 12.7. The standard InChI is InChI=1S/C19H26N2O3/c1-13(14(2)24-16-7-4-3-5-8-16)20-17(22)19(11-6-12-19)18(23)21-15-9-10-15/h3-5,7-8,13-15H,6,9-12H2,1-2H3,(H,20,22)(H,21,23)/t13-,14-/m0/s1. The van der Waals surface area contributed by atoms with Crippen molar-refractivity contribution in [3.8, 4) is 5.75 Å². The lowest BCUT2D eigenvalue weighted by Crippen LogP contribution is -2.58. The summed E-state index contributed by atoms with van der Waals surface area (Å²) in [5.41, 5.74) is -0.872. The fourth-order valence-corrected chi connectivity index (χ4v) is 2.92. The van der Waals surface area contributed by atoms with Crippen molar-refractivity contribution in [1.29, 1.82) is 0 Å². The van der Waals surface area contributed by atoms with Gasteiger partial charge in [0.05, 0.1) is 6.04 Å². The molecule has 0 radical (unpaired) electrons. The van der Waals surface area contributed by atoms with Crippen molar-refractivity contribution in [2.24, 2.45) is 5.41 Å². The van der Waals surface area contributed by atoms with Gasteiger partial charge in [-0.15, -0.1) is 0 Å². The summed E-state index contributed by atoms with van der Waals surface area (Å²) in [6.07, 6.45) is 4.08. The molecule has 0 unspecified atom stereocenters. The molecule has 2 atom stereocenters. The lowest BCUT2D eigenvalue weighted by atomic mass is 9.67. The third kappa shape index (κ3) is 3.55. The van der Waals surface area contributed by atoms with E-state index in [-0.39, 0.29) is 30.0 Å². The number of rotatable bonds is 7. The average Bonchev–Trinajstić information content (AvgIpc) is 3.30. The van der Waals surface area contributed by atoms with Crippen LogP contribution in [0.3, 0.4) is 0 Å². The Morgan fingerprint density at radius 3 is 2.33 bits per heavy atom. The number of hydrogen-bond acceptors (Lipinski definition) is 3. The molecule has 0 aliphatic heterocycles. The molecule has 2 saturated carbocycles. The van der Waals surface area contributed by atoms with Gasteiger partial charge >= 0.3 is 0 Å². The molecule has 24 heavy (non-hydrogen) atoms. The zero-order valence-corrected chi connectivity index (χ0v) is 14.4. The van der Waals surface area contributed by atoms with Crippen LogP contribution in [-0.4, -0.2) is 30.0 Å². The molecule has 2 aliphatic carbocycles. The zero-order valence-electron chi connectivity index (χ0n) is 14.4. The van der Waals surface area contributed by atoms with Crippen molar-refractivity contribution >= 4 is 11.8 Å². The van der Waals surface area contributed by atoms with Crippen LogP contribution in [0, 0.1) is 5.41 Å².